The van der Waals surface area contributed by atoms with E-state index in [-0.39, 0.29) is 10.8 Å². The van der Waals surface area contributed by atoms with Gasteiger partial charge in [-0.2, -0.15) is 0 Å². The molecule has 102 valence electrons. The van der Waals surface area contributed by atoms with Crippen molar-refractivity contribution in [2.75, 3.05) is 0 Å². The maximum absolute atomic E-state index is 11.3. The maximum Gasteiger partial charge on any atom is 0.192 e. The van der Waals surface area contributed by atoms with Crippen LogP contribution in [0.15, 0.2) is 6.07 Å². The number of hydrogen-bond donors (Lipinski definition) is 0. The van der Waals surface area contributed by atoms with Gasteiger partial charge in [-0.25, -0.2) is 0 Å². The highest BCUT2D eigenvalue weighted by Crippen LogP contribution is 2.38. The van der Waals surface area contributed by atoms with Crippen molar-refractivity contribution in [1.29, 1.82) is 0 Å². The number of Topliss-reactive ketones (excluding diaryl/α,β-unsaturated/α-hetero) is 1. The molecular weight excluding hydrogens is 284 g/mol. The zero-order valence-corrected chi connectivity index (χ0v) is 14.5. The van der Waals surface area contributed by atoms with Crippen molar-refractivity contribution in [2.24, 2.45) is 0 Å². The van der Waals surface area contributed by atoms with Crippen molar-refractivity contribution in [3.05, 3.63) is 20.8 Å². The van der Waals surface area contributed by atoms with Gasteiger partial charge in [0.1, 0.15) is 4.34 Å². The largest absolute Gasteiger partial charge is 0.412 e. The Morgan fingerprint density at radius 2 is 2.00 bits per heavy atom. The summed E-state index contributed by atoms with van der Waals surface area (Å²) in [6, 6.07) is 1.85. The van der Waals surface area contributed by atoms with Crippen LogP contribution in [-0.4, -0.2) is 14.1 Å². The Bertz CT molecular complexity index is 446. The maximum atomic E-state index is 11.3. The van der Waals surface area contributed by atoms with E-state index >= 15 is 0 Å². The molecule has 1 rings (SSSR count). The Labute approximate surface area is 119 Å². The van der Waals surface area contributed by atoms with Gasteiger partial charge in [0.2, 0.25) is 0 Å². The Morgan fingerprint density at radius 3 is 2.39 bits per heavy atom. The zero-order valence-electron chi connectivity index (χ0n) is 11.9. The number of thiophene rings is 1. The second-order valence-corrected chi connectivity index (χ2v) is 12.6. The number of carbonyl (C=O) groups excluding carboxylic acids is 1. The van der Waals surface area contributed by atoms with E-state index in [0.717, 1.165) is 4.88 Å². The normalized spacial score (nSPS) is 12.8. The molecule has 0 aliphatic carbocycles. The summed E-state index contributed by atoms with van der Waals surface area (Å²) in [5.41, 5.74) is 0.607. The van der Waals surface area contributed by atoms with Crippen LogP contribution in [0.3, 0.4) is 0 Å². The highest BCUT2D eigenvalue weighted by atomic mass is 35.5. The van der Waals surface area contributed by atoms with Crippen molar-refractivity contribution < 1.29 is 9.22 Å². The predicted octanol–water partition coefficient (Wildman–Crippen LogP) is 5.13. The molecule has 1 aromatic rings. The third-order valence-electron chi connectivity index (χ3n) is 3.50. The standard InChI is InChI=1S/C13H21ClO2SSi/c1-9(15)11-7-10(17-12(11)14)8-16-18(5,6)13(2,3)4/h7H,8H2,1-6H3. The van der Waals surface area contributed by atoms with E-state index in [9.17, 15) is 4.79 Å². The summed E-state index contributed by atoms with van der Waals surface area (Å²) >= 11 is 7.47. The summed E-state index contributed by atoms with van der Waals surface area (Å²) in [4.78, 5) is 12.4. The molecule has 0 atom stereocenters. The third-order valence-corrected chi connectivity index (χ3v) is 9.31. The Kier molecular flexibility index (Phi) is 4.81. The van der Waals surface area contributed by atoms with Crippen molar-refractivity contribution in [3.8, 4) is 0 Å². The lowest BCUT2D eigenvalue weighted by atomic mass is 10.2. The summed E-state index contributed by atoms with van der Waals surface area (Å²) in [5, 5.41) is 0.192. The first-order chi connectivity index (χ1) is 8.04. The first-order valence-corrected chi connectivity index (χ1v) is 10.1. The second-order valence-electron chi connectivity index (χ2n) is 6.01. The van der Waals surface area contributed by atoms with E-state index < -0.39 is 8.32 Å². The molecule has 0 aliphatic rings. The number of carbonyl (C=O) groups is 1. The van der Waals surface area contributed by atoms with Crippen molar-refractivity contribution in [3.63, 3.8) is 0 Å². The third kappa shape index (κ3) is 3.67. The number of halogens is 1. The van der Waals surface area contributed by atoms with Crippen molar-refractivity contribution >= 4 is 37.0 Å². The van der Waals surface area contributed by atoms with Gasteiger partial charge in [0, 0.05) is 10.4 Å². The summed E-state index contributed by atoms with van der Waals surface area (Å²) in [5.74, 6) is 0.00910. The summed E-state index contributed by atoms with van der Waals surface area (Å²) in [7, 11) is -1.74. The smallest absolute Gasteiger partial charge is 0.192 e. The van der Waals surface area contributed by atoms with Gasteiger partial charge in [-0.15, -0.1) is 11.3 Å². The summed E-state index contributed by atoms with van der Waals surface area (Å²) < 4.78 is 6.67. The van der Waals surface area contributed by atoms with E-state index in [1.807, 2.05) is 6.07 Å². The highest BCUT2D eigenvalue weighted by molar-refractivity contribution is 7.16. The molecule has 0 N–H and O–H groups in total. The molecule has 0 spiro atoms. The Hall–Kier alpha value is -0.163. The molecule has 0 saturated carbocycles. The average molecular weight is 305 g/mol. The quantitative estimate of drug-likeness (QED) is 0.569. The minimum absolute atomic E-state index is 0.00910. The minimum atomic E-state index is -1.74. The van der Waals surface area contributed by atoms with E-state index in [1.54, 1.807) is 0 Å². The van der Waals surface area contributed by atoms with Crippen molar-refractivity contribution in [2.45, 2.75) is 52.4 Å². The first-order valence-electron chi connectivity index (χ1n) is 5.98. The van der Waals surface area contributed by atoms with Crippen LogP contribution in [0.5, 0.6) is 0 Å². The van der Waals surface area contributed by atoms with E-state index in [2.05, 4.69) is 33.9 Å². The van der Waals surface area contributed by atoms with Gasteiger partial charge in [0.05, 0.1) is 6.61 Å². The molecule has 2 nitrogen and oxygen atoms in total. The number of rotatable bonds is 4. The Balaban J connectivity index is 2.76. The molecule has 18 heavy (non-hydrogen) atoms. The van der Waals surface area contributed by atoms with Gasteiger partial charge in [-0.05, 0) is 31.1 Å². The molecule has 0 saturated heterocycles. The van der Waals surface area contributed by atoms with Gasteiger partial charge in [0.25, 0.3) is 0 Å². The van der Waals surface area contributed by atoms with Gasteiger partial charge < -0.3 is 4.43 Å². The minimum Gasteiger partial charge on any atom is -0.412 e. The van der Waals surface area contributed by atoms with Crippen LogP contribution in [0.2, 0.25) is 22.5 Å². The van der Waals surface area contributed by atoms with E-state index in [4.69, 9.17) is 16.0 Å². The summed E-state index contributed by atoms with van der Waals surface area (Å²) in [6.45, 7) is 13.1. The molecule has 0 fully saturated rings. The molecule has 0 bridgehead atoms. The average Bonchev–Trinajstić information content (AvgIpc) is 2.55. The van der Waals surface area contributed by atoms with E-state index in [0.29, 0.717) is 16.5 Å². The second kappa shape index (κ2) is 5.45. The molecular formula is C13H21ClO2SSi. The van der Waals surface area contributed by atoms with E-state index in [1.165, 1.54) is 18.3 Å². The lowest BCUT2D eigenvalue weighted by molar-refractivity contribution is 0.101. The molecule has 5 heteroatoms. The van der Waals surface area contributed by atoms with Crippen LogP contribution in [0.4, 0.5) is 0 Å². The summed E-state index contributed by atoms with van der Waals surface area (Å²) in [6.07, 6.45) is 0. The molecule has 0 aromatic carbocycles. The van der Waals surface area contributed by atoms with Gasteiger partial charge >= 0.3 is 0 Å². The van der Waals surface area contributed by atoms with Gasteiger partial charge in [-0.1, -0.05) is 32.4 Å². The lowest BCUT2D eigenvalue weighted by Gasteiger charge is -2.36. The van der Waals surface area contributed by atoms with Gasteiger partial charge in [-0.3, -0.25) is 4.79 Å². The molecule has 0 aliphatic heterocycles. The first kappa shape index (κ1) is 15.9. The van der Waals surface area contributed by atoms with Crippen LogP contribution in [-0.2, 0) is 11.0 Å². The fourth-order valence-corrected chi connectivity index (χ4v) is 3.57. The molecule has 1 heterocycles. The fraction of sp³-hybridized carbons (Fsp3) is 0.615. The topological polar surface area (TPSA) is 26.3 Å². The fourth-order valence-electron chi connectivity index (χ4n) is 1.20. The van der Waals surface area contributed by atoms with Crippen LogP contribution < -0.4 is 0 Å². The van der Waals surface area contributed by atoms with Crippen LogP contribution in [0, 0.1) is 0 Å². The molecule has 0 unspecified atom stereocenters. The number of hydrogen-bond acceptors (Lipinski definition) is 3. The SMILES string of the molecule is CC(=O)c1cc(CO[Si](C)(C)C(C)(C)C)sc1Cl. The van der Waals surface area contributed by atoms with Crippen LogP contribution in [0.1, 0.15) is 42.9 Å². The lowest BCUT2D eigenvalue weighted by Crippen LogP contribution is -2.40. The predicted molar refractivity (Wildman–Crippen MR) is 81.3 cm³/mol. The van der Waals surface area contributed by atoms with Gasteiger partial charge in [0.15, 0.2) is 14.1 Å². The number of ketones is 1. The zero-order chi connectivity index (χ0) is 14.1. The molecule has 1 aromatic heterocycles. The Morgan fingerprint density at radius 1 is 1.44 bits per heavy atom. The molecule has 0 amide bonds. The molecule has 0 radical (unpaired) electrons. The van der Waals surface area contributed by atoms with Crippen molar-refractivity contribution in [1.82, 2.24) is 0 Å². The van der Waals surface area contributed by atoms with Crippen LogP contribution >= 0.6 is 22.9 Å². The highest BCUT2D eigenvalue weighted by Gasteiger charge is 2.37. The van der Waals surface area contributed by atoms with Crippen LogP contribution in [0.25, 0.3) is 0 Å². The monoisotopic (exact) mass is 304 g/mol.